The first-order chi connectivity index (χ1) is 11.2. The maximum Gasteiger partial charge on any atom is 0.191 e. The number of hydrogen-bond donors (Lipinski definition) is 1. The minimum Gasteiger partial charge on any atom is -0.377 e. The standard InChI is InChI=1S/C14H24N6O3/c1-10-6-19(3-4-23-10)14(15)16-5-11-7-20(18-17-11)12-8-22-9-13(12)21-2/h7,10,12-13H,3-6,8-9H2,1-2H3,(H2,15,16)/t10?,12-,13-/m1/s1. The molecule has 128 valence electrons. The molecule has 2 N–H and O–H groups in total. The summed E-state index contributed by atoms with van der Waals surface area (Å²) in [6, 6.07) is 0.0580. The molecule has 0 radical (unpaired) electrons. The molecule has 9 nitrogen and oxygen atoms in total. The lowest BCUT2D eigenvalue weighted by Crippen LogP contribution is -2.47. The predicted molar refractivity (Wildman–Crippen MR) is 83.0 cm³/mol. The summed E-state index contributed by atoms with van der Waals surface area (Å²) >= 11 is 0. The van der Waals surface area contributed by atoms with Crippen molar-refractivity contribution in [3.05, 3.63) is 11.9 Å². The Hall–Kier alpha value is -1.71. The molecule has 0 spiro atoms. The number of aromatic nitrogens is 3. The number of aliphatic imine (C=N–C) groups is 1. The van der Waals surface area contributed by atoms with E-state index in [1.165, 1.54) is 0 Å². The second-order valence-electron chi connectivity index (χ2n) is 5.87. The Balaban J connectivity index is 1.59. The van der Waals surface area contributed by atoms with Crippen molar-refractivity contribution in [1.29, 1.82) is 0 Å². The third kappa shape index (κ3) is 3.80. The Bertz CT molecular complexity index is 548. The molecule has 2 aliphatic heterocycles. The number of nitrogens with zero attached hydrogens (tertiary/aromatic N) is 5. The normalized spacial score (nSPS) is 29.2. The quantitative estimate of drug-likeness (QED) is 0.583. The number of methoxy groups -OCH3 is 1. The van der Waals surface area contributed by atoms with Crippen LogP contribution in [0.25, 0.3) is 0 Å². The Morgan fingerprint density at radius 3 is 3.17 bits per heavy atom. The lowest BCUT2D eigenvalue weighted by Gasteiger charge is -2.31. The second kappa shape index (κ2) is 7.24. The number of nitrogens with two attached hydrogens (primary N) is 1. The van der Waals surface area contributed by atoms with Crippen LogP contribution in [-0.2, 0) is 20.8 Å². The van der Waals surface area contributed by atoms with Crippen molar-refractivity contribution in [2.24, 2.45) is 10.7 Å². The first kappa shape index (κ1) is 16.2. The zero-order valence-electron chi connectivity index (χ0n) is 13.6. The molecule has 2 fully saturated rings. The highest BCUT2D eigenvalue weighted by Crippen LogP contribution is 2.21. The third-order valence-electron chi connectivity index (χ3n) is 4.17. The van der Waals surface area contributed by atoms with Crippen molar-refractivity contribution in [3.8, 4) is 0 Å². The molecule has 9 heteroatoms. The Morgan fingerprint density at radius 1 is 1.52 bits per heavy atom. The van der Waals surface area contributed by atoms with Gasteiger partial charge < -0.3 is 24.8 Å². The van der Waals surface area contributed by atoms with Crippen LogP contribution in [0.3, 0.4) is 0 Å². The molecule has 1 aromatic heterocycles. The molecule has 2 aliphatic rings. The van der Waals surface area contributed by atoms with Crippen LogP contribution < -0.4 is 5.73 Å². The molecule has 0 bridgehead atoms. The van der Waals surface area contributed by atoms with E-state index in [0.29, 0.717) is 32.3 Å². The van der Waals surface area contributed by atoms with Crippen molar-refractivity contribution in [1.82, 2.24) is 19.9 Å². The Kier molecular flexibility index (Phi) is 5.09. The largest absolute Gasteiger partial charge is 0.377 e. The molecule has 1 aromatic rings. The molecule has 0 saturated carbocycles. The van der Waals surface area contributed by atoms with Crippen molar-refractivity contribution in [2.45, 2.75) is 31.7 Å². The monoisotopic (exact) mass is 324 g/mol. The minimum atomic E-state index is 0.00737. The summed E-state index contributed by atoms with van der Waals surface area (Å²) in [6.45, 7) is 5.80. The minimum absolute atomic E-state index is 0.00737. The topological polar surface area (TPSA) is 100 Å². The van der Waals surface area contributed by atoms with E-state index in [2.05, 4.69) is 15.3 Å². The molecule has 23 heavy (non-hydrogen) atoms. The van der Waals surface area contributed by atoms with Crippen LogP contribution in [0.1, 0.15) is 18.7 Å². The molecular formula is C14H24N6O3. The van der Waals surface area contributed by atoms with Crippen LogP contribution in [0, 0.1) is 0 Å². The van der Waals surface area contributed by atoms with E-state index in [1.54, 1.807) is 11.8 Å². The van der Waals surface area contributed by atoms with Crippen LogP contribution in [0.5, 0.6) is 0 Å². The molecule has 0 aliphatic carbocycles. The van der Waals surface area contributed by atoms with E-state index in [1.807, 2.05) is 18.0 Å². The van der Waals surface area contributed by atoms with Crippen LogP contribution in [0.2, 0.25) is 0 Å². The average Bonchev–Trinajstić information content (AvgIpc) is 3.20. The maximum absolute atomic E-state index is 6.06. The van der Waals surface area contributed by atoms with Crippen LogP contribution in [0.4, 0.5) is 0 Å². The Morgan fingerprint density at radius 2 is 2.39 bits per heavy atom. The van der Waals surface area contributed by atoms with Gasteiger partial charge in [0.1, 0.15) is 17.8 Å². The fraction of sp³-hybridized carbons (Fsp3) is 0.786. The smallest absolute Gasteiger partial charge is 0.191 e. The lowest BCUT2D eigenvalue weighted by molar-refractivity contribution is 0.00528. The fourth-order valence-electron chi connectivity index (χ4n) is 2.83. The molecule has 1 unspecified atom stereocenters. The molecule has 0 amide bonds. The van der Waals surface area contributed by atoms with Gasteiger partial charge in [-0.2, -0.15) is 0 Å². The van der Waals surface area contributed by atoms with Crippen molar-refractivity contribution in [2.75, 3.05) is 40.0 Å². The van der Waals surface area contributed by atoms with Gasteiger partial charge in [0.25, 0.3) is 0 Å². The number of guanidine groups is 1. The SMILES string of the molecule is CO[C@@H]1COC[C@H]1n1cc(CN=C(N)N2CCOC(C)C2)nn1. The number of morpholine rings is 1. The third-order valence-corrected chi connectivity index (χ3v) is 4.17. The number of rotatable bonds is 4. The average molecular weight is 324 g/mol. The van der Waals surface area contributed by atoms with Gasteiger partial charge in [-0.1, -0.05) is 5.21 Å². The highest BCUT2D eigenvalue weighted by atomic mass is 16.5. The van der Waals surface area contributed by atoms with Gasteiger partial charge in [0.05, 0.1) is 38.7 Å². The summed E-state index contributed by atoms with van der Waals surface area (Å²) in [4.78, 5) is 6.45. The van der Waals surface area contributed by atoms with Gasteiger partial charge in [0.2, 0.25) is 0 Å². The van der Waals surface area contributed by atoms with E-state index in [9.17, 15) is 0 Å². The summed E-state index contributed by atoms with van der Waals surface area (Å²) in [5.74, 6) is 0.522. The molecule has 3 rings (SSSR count). The van der Waals surface area contributed by atoms with Gasteiger partial charge in [-0.05, 0) is 6.92 Å². The van der Waals surface area contributed by atoms with E-state index < -0.39 is 0 Å². The zero-order valence-corrected chi connectivity index (χ0v) is 13.6. The van der Waals surface area contributed by atoms with E-state index in [0.717, 1.165) is 18.8 Å². The van der Waals surface area contributed by atoms with Gasteiger partial charge in [0, 0.05) is 20.2 Å². The van der Waals surface area contributed by atoms with E-state index in [4.69, 9.17) is 19.9 Å². The summed E-state index contributed by atoms with van der Waals surface area (Å²) < 4.78 is 18.1. The predicted octanol–water partition coefficient (Wildman–Crippen LogP) is -0.600. The summed E-state index contributed by atoms with van der Waals surface area (Å²) in [5.41, 5.74) is 6.83. The van der Waals surface area contributed by atoms with Crippen molar-refractivity contribution >= 4 is 5.96 Å². The van der Waals surface area contributed by atoms with Crippen molar-refractivity contribution in [3.63, 3.8) is 0 Å². The van der Waals surface area contributed by atoms with Crippen LogP contribution in [0.15, 0.2) is 11.2 Å². The summed E-state index contributed by atoms with van der Waals surface area (Å²) in [7, 11) is 1.68. The summed E-state index contributed by atoms with van der Waals surface area (Å²) in [6.07, 6.45) is 2.06. The van der Waals surface area contributed by atoms with E-state index >= 15 is 0 Å². The first-order valence-corrected chi connectivity index (χ1v) is 7.85. The van der Waals surface area contributed by atoms with Gasteiger partial charge in [0.15, 0.2) is 5.96 Å². The highest BCUT2D eigenvalue weighted by molar-refractivity contribution is 5.78. The molecular weight excluding hydrogens is 300 g/mol. The number of hydrogen-bond acceptors (Lipinski definition) is 6. The van der Waals surface area contributed by atoms with Crippen LogP contribution >= 0.6 is 0 Å². The van der Waals surface area contributed by atoms with Gasteiger partial charge in [-0.15, -0.1) is 5.10 Å². The first-order valence-electron chi connectivity index (χ1n) is 7.85. The summed E-state index contributed by atoms with van der Waals surface area (Å²) in [5, 5.41) is 8.32. The molecule has 3 heterocycles. The molecule has 2 saturated heterocycles. The van der Waals surface area contributed by atoms with Crippen LogP contribution in [-0.4, -0.2) is 78.1 Å². The molecule has 3 atom stereocenters. The van der Waals surface area contributed by atoms with Gasteiger partial charge in [-0.25, -0.2) is 9.67 Å². The van der Waals surface area contributed by atoms with E-state index in [-0.39, 0.29) is 18.2 Å². The second-order valence-corrected chi connectivity index (χ2v) is 5.87. The molecule has 0 aromatic carbocycles. The van der Waals surface area contributed by atoms with Crippen molar-refractivity contribution < 1.29 is 14.2 Å². The Labute approximate surface area is 135 Å². The highest BCUT2D eigenvalue weighted by Gasteiger charge is 2.30. The van der Waals surface area contributed by atoms with Gasteiger partial charge in [-0.3, -0.25) is 0 Å². The van der Waals surface area contributed by atoms with Gasteiger partial charge >= 0.3 is 0 Å². The fourth-order valence-corrected chi connectivity index (χ4v) is 2.83. The number of ether oxygens (including phenoxy) is 3. The zero-order chi connectivity index (χ0) is 16.2. The maximum atomic E-state index is 6.06. The lowest BCUT2D eigenvalue weighted by atomic mass is 10.2.